The van der Waals surface area contributed by atoms with Crippen molar-refractivity contribution in [3.63, 3.8) is 0 Å². The van der Waals surface area contributed by atoms with Crippen molar-refractivity contribution in [2.45, 2.75) is 40.0 Å². The number of carbonyl (C=O) groups excluding carboxylic acids is 1. The van der Waals surface area contributed by atoms with Gasteiger partial charge < -0.3 is 4.74 Å². The Labute approximate surface area is 92.7 Å². The zero-order chi connectivity index (χ0) is 11.3. The summed E-state index contributed by atoms with van der Waals surface area (Å²) < 4.78 is 5.29. The van der Waals surface area contributed by atoms with Gasteiger partial charge in [-0.05, 0) is 30.6 Å². The Kier molecular flexibility index (Phi) is 4.86. The predicted octanol–water partition coefficient (Wildman–Crippen LogP) is 3.18. The summed E-state index contributed by atoms with van der Waals surface area (Å²) in [6, 6.07) is 0. The Bertz CT molecular complexity index is 231. The molecule has 0 heterocycles. The highest BCUT2D eigenvalue weighted by Crippen LogP contribution is 2.25. The molecule has 15 heavy (non-hydrogen) atoms. The standard InChI is InChI=1S/C13H22O2/c1-10(2)8-13(14)15-9-12-7-5-4-6-11(12)3/h4-5,10-12H,6-9H2,1-3H3/t11-,12-/m0/s1. The zero-order valence-electron chi connectivity index (χ0n) is 10.0. The van der Waals surface area contributed by atoms with E-state index in [1.807, 2.05) is 13.8 Å². The molecule has 0 N–H and O–H groups in total. The summed E-state index contributed by atoms with van der Waals surface area (Å²) in [7, 11) is 0. The average Bonchev–Trinajstić information content (AvgIpc) is 2.15. The quantitative estimate of drug-likeness (QED) is 0.526. The maximum absolute atomic E-state index is 11.4. The Balaban J connectivity index is 2.24. The van der Waals surface area contributed by atoms with Gasteiger partial charge in [-0.1, -0.05) is 32.9 Å². The van der Waals surface area contributed by atoms with Crippen LogP contribution in [-0.2, 0) is 9.53 Å². The number of esters is 1. The van der Waals surface area contributed by atoms with Gasteiger partial charge in [-0.15, -0.1) is 0 Å². The lowest BCUT2D eigenvalue weighted by molar-refractivity contribution is -0.146. The van der Waals surface area contributed by atoms with Crippen molar-refractivity contribution in [2.75, 3.05) is 6.61 Å². The van der Waals surface area contributed by atoms with Crippen LogP contribution in [0.4, 0.5) is 0 Å². The van der Waals surface area contributed by atoms with E-state index >= 15 is 0 Å². The predicted molar refractivity (Wildman–Crippen MR) is 61.4 cm³/mol. The maximum Gasteiger partial charge on any atom is 0.306 e. The molecule has 0 saturated carbocycles. The molecule has 1 rings (SSSR count). The number of ether oxygens (including phenoxy) is 1. The van der Waals surface area contributed by atoms with Crippen molar-refractivity contribution in [3.05, 3.63) is 12.2 Å². The molecule has 86 valence electrons. The van der Waals surface area contributed by atoms with E-state index in [9.17, 15) is 4.79 Å². The van der Waals surface area contributed by atoms with E-state index in [-0.39, 0.29) is 5.97 Å². The first-order valence-electron chi connectivity index (χ1n) is 5.90. The summed E-state index contributed by atoms with van der Waals surface area (Å²) >= 11 is 0. The van der Waals surface area contributed by atoms with Crippen LogP contribution in [0.15, 0.2) is 12.2 Å². The first-order valence-corrected chi connectivity index (χ1v) is 5.90. The van der Waals surface area contributed by atoms with Crippen LogP contribution in [0.3, 0.4) is 0 Å². The summed E-state index contributed by atoms with van der Waals surface area (Å²) in [4.78, 5) is 11.4. The molecule has 1 aliphatic rings. The highest BCUT2D eigenvalue weighted by atomic mass is 16.5. The van der Waals surface area contributed by atoms with Gasteiger partial charge in [-0.25, -0.2) is 0 Å². The fraction of sp³-hybridized carbons (Fsp3) is 0.769. The Morgan fingerprint density at radius 1 is 1.40 bits per heavy atom. The first kappa shape index (κ1) is 12.3. The number of allylic oxidation sites excluding steroid dienone is 2. The molecule has 0 aromatic carbocycles. The van der Waals surface area contributed by atoms with E-state index in [0.717, 1.165) is 12.8 Å². The molecule has 1 aliphatic carbocycles. The molecule has 2 heteroatoms. The fourth-order valence-electron chi connectivity index (χ4n) is 1.83. The van der Waals surface area contributed by atoms with E-state index in [1.165, 1.54) is 0 Å². The zero-order valence-corrected chi connectivity index (χ0v) is 10.0. The second-order valence-corrected chi connectivity index (χ2v) is 4.96. The Hall–Kier alpha value is -0.790. The second kappa shape index (κ2) is 5.94. The lowest BCUT2D eigenvalue weighted by Crippen LogP contribution is -2.22. The van der Waals surface area contributed by atoms with Crippen LogP contribution in [-0.4, -0.2) is 12.6 Å². The lowest BCUT2D eigenvalue weighted by Gasteiger charge is -2.24. The highest BCUT2D eigenvalue weighted by molar-refractivity contribution is 5.69. The van der Waals surface area contributed by atoms with Crippen molar-refractivity contribution < 1.29 is 9.53 Å². The molecule has 0 aromatic rings. The fourth-order valence-corrected chi connectivity index (χ4v) is 1.83. The maximum atomic E-state index is 11.4. The van der Waals surface area contributed by atoms with E-state index in [2.05, 4.69) is 19.1 Å². The Morgan fingerprint density at radius 2 is 2.07 bits per heavy atom. The minimum absolute atomic E-state index is 0.0493. The van der Waals surface area contributed by atoms with Gasteiger partial charge in [0.1, 0.15) is 0 Å². The number of hydrogen-bond acceptors (Lipinski definition) is 2. The van der Waals surface area contributed by atoms with Gasteiger partial charge in [-0.3, -0.25) is 4.79 Å². The summed E-state index contributed by atoms with van der Waals surface area (Å²) in [6.45, 7) is 6.89. The third-order valence-electron chi connectivity index (χ3n) is 2.95. The highest BCUT2D eigenvalue weighted by Gasteiger charge is 2.19. The van der Waals surface area contributed by atoms with Crippen LogP contribution in [0.25, 0.3) is 0 Å². The van der Waals surface area contributed by atoms with Crippen LogP contribution < -0.4 is 0 Å². The van der Waals surface area contributed by atoms with E-state index in [0.29, 0.717) is 30.8 Å². The van der Waals surface area contributed by atoms with Crippen molar-refractivity contribution >= 4 is 5.97 Å². The largest absolute Gasteiger partial charge is 0.465 e. The first-order chi connectivity index (χ1) is 7.09. The summed E-state index contributed by atoms with van der Waals surface area (Å²) in [5.41, 5.74) is 0. The molecular formula is C13H22O2. The van der Waals surface area contributed by atoms with E-state index in [1.54, 1.807) is 0 Å². The minimum atomic E-state index is -0.0493. The molecule has 0 amide bonds. The number of hydrogen-bond donors (Lipinski definition) is 0. The third-order valence-corrected chi connectivity index (χ3v) is 2.95. The van der Waals surface area contributed by atoms with Crippen LogP contribution in [0.2, 0.25) is 0 Å². The van der Waals surface area contributed by atoms with Crippen LogP contribution in [0.1, 0.15) is 40.0 Å². The monoisotopic (exact) mass is 210 g/mol. The van der Waals surface area contributed by atoms with Crippen LogP contribution in [0.5, 0.6) is 0 Å². The molecule has 0 unspecified atom stereocenters. The van der Waals surface area contributed by atoms with Gasteiger partial charge >= 0.3 is 5.97 Å². The summed E-state index contributed by atoms with van der Waals surface area (Å²) in [5, 5.41) is 0. The Morgan fingerprint density at radius 3 is 2.67 bits per heavy atom. The minimum Gasteiger partial charge on any atom is -0.465 e. The molecular weight excluding hydrogens is 188 g/mol. The molecule has 0 bridgehead atoms. The summed E-state index contributed by atoms with van der Waals surface area (Å²) in [5.74, 6) is 1.50. The number of rotatable bonds is 4. The SMILES string of the molecule is CC(C)CC(=O)OC[C@@H]1CC=CC[C@@H]1C. The van der Waals surface area contributed by atoms with Crippen molar-refractivity contribution in [2.24, 2.45) is 17.8 Å². The molecule has 2 nitrogen and oxygen atoms in total. The van der Waals surface area contributed by atoms with Crippen molar-refractivity contribution in [1.82, 2.24) is 0 Å². The summed E-state index contributed by atoms with van der Waals surface area (Å²) in [6.07, 6.45) is 7.12. The molecule has 0 aliphatic heterocycles. The lowest BCUT2D eigenvalue weighted by atomic mass is 9.85. The van der Waals surface area contributed by atoms with Gasteiger partial charge in [-0.2, -0.15) is 0 Å². The molecule has 0 spiro atoms. The van der Waals surface area contributed by atoms with Gasteiger partial charge in [0, 0.05) is 6.42 Å². The average molecular weight is 210 g/mol. The van der Waals surface area contributed by atoms with Gasteiger partial charge in [0.05, 0.1) is 6.61 Å². The molecule has 2 atom stereocenters. The van der Waals surface area contributed by atoms with E-state index < -0.39 is 0 Å². The molecule has 0 fully saturated rings. The van der Waals surface area contributed by atoms with Crippen LogP contribution >= 0.6 is 0 Å². The topological polar surface area (TPSA) is 26.3 Å². The third kappa shape index (κ3) is 4.50. The number of carbonyl (C=O) groups is 1. The van der Waals surface area contributed by atoms with Gasteiger partial charge in [0.2, 0.25) is 0 Å². The van der Waals surface area contributed by atoms with Gasteiger partial charge in [0.15, 0.2) is 0 Å². The van der Waals surface area contributed by atoms with Crippen LogP contribution in [0, 0.1) is 17.8 Å². The molecule has 0 radical (unpaired) electrons. The smallest absolute Gasteiger partial charge is 0.306 e. The van der Waals surface area contributed by atoms with Gasteiger partial charge in [0.25, 0.3) is 0 Å². The molecule has 0 saturated heterocycles. The van der Waals surface area contributed by atoms with Crippen molar-refractivity contribution in [3.8, 4) is 0 Å². The van der Waals surface area contributed by atoms with E-state index in [4.69, 9.17) is 4.74 Å². The van der Waals surface area contributed by atoms with Crippen molar-refractivity contribution in [1.29, 1.82) is 0 Å². The normalized spacial score (nSPS) is 25.6. The second-order valence-electron chi connectivity index (χ2n) is 4.96. The molecule has 0 aromatic heterocycles.